The molecule has 0 fully saturated rings. The van der Waals surface area contributed by atoms with Gasteiger partial charge in [0.25, 0.3) is 0 Å². The van der Waals surface area contributed by atoms with Crippen molar-refractivity contribution in [2.24, 2.45) is 0 Å². The number of hydrogen-bond acceptors (Lipinski definition) is 4. The van der Waals surface area contributed by atoms with Gasteiger partial charge in [-0.3, -0.25) is 9.36 Å². The number of halogens is 1. The number of nitrogens with one attached hydrogen (secondary N) is 1. The molecule has 1 aromatic heterocycles. The second-order valence-electron chi connectivity index (χ2n) is 4.78. The fourth-order valence-electron chi connectivity index (χ4n) is 2.19. The molecule has 114 valence electrons. The van der Waals surface area contributed by atoms with Gasteiger partial charge in [0, 0.05) is 18.7 Å². The van der Waals surface area contributed by atoms with Crippen molar-refractivity contribution < 1.29 is 13.9 Å². The van der Waals surface area contributed by atoms with E-state index in [1.165, 1.54) is 19.2 Å². The van der Waals surface area contributed by atoms with Crippen molar-refractivity contribution in [3.8, 4) is 5.75 Å². The summed E-state index contributed by atoms with van der Waals surface area (Å²) in [6, 6.07) is 2.20. The highest BCUT2D eigenvalue weighted by Crippen LogP contribution is 2.28. The number of fused-ring (bicyclic) bond motifs is 1. The van der Waals surface area contributed by atoms with Crippen molar-refractivity contribution in [1.29, 1.82) is 0 Å². The lowest BCUT2D eigenvalue weighted by Crippen LogP contribution is -2.31. The van der Waals surface area contributed by atoms with Gasteiger partial charge >= 0.3 is 0 Å². The van der Waals surface area contributed by atoms with E-state index in [9.17, 15) is 9.18 Å². The molecule has 1 aromatic carbocycles. The lowest BCUT2D eigenvalue weighted by molar-refractivity contribution is -0.123. The van der Waals surface area contributed by atoms with Gasteiger partial charge < -0.3 is 15.8 Å². The predicted octanol–water partition coefficient (Wildman–Crippen LogP) is 1.85. The fourth-order valence-corrected chi connectivity index (χ4v) is 2.19. The molecule has 0 spiro atoms. The number of methoxy groups -OCH3 is 1. The summed E-state index contributed by atoms with van der Waals surface area (Å²) in [6.07, 6.45) is 0.845. The molecule has 0 bridgehead atoms. The molecule has 0 aliphatic carbocycles. The van der Waals surface area contributed by atoms with Crippen LogP contribution in [0.3, 0.4) is 0 Å². The van der Waals surface area contributed by atoms with Crippen molar-refractivity contribution >= 4 is 22.9 Å². The number of hydrogen-bond donors (Lipinski definition) is 2. The summed E-state index contributed by atoms with van der Waals surface area (Å²) in [5.41, 5.74) is 6.82. The Balaban J connectivity index is 2.47. The predicted molar refractivity (Wildman–Crippen MR) is 78.7 cm³/mol. The molecule has 0 saturated heterocycles. The number of anilines is 1. The highest BCUT2D eigenvalue weighted by molar-refractivity contribution is 5.86. The fraction of sp³-hybridized carbons (Fsp3) is 0.429. The summed E-state index contributed by atoms with van der Waals surface area (Å²) in [4.78, 5) is 16.2. The third kappa shape index (κ3) is 2.76. The number of rotatable bonds is 5. The van der Waals surface area contributed by atoms with E-state index in [-0.39, 0.29) is 17.6 Å². The Labute approximate surface area is 122 Å². The van der Waals surface area contributed by atoms with Crippen LogP contribution in [0, 0.1) is 5.82 Å². The minimum atomic E-state index is -0.545. The second-order valence-corrected chi connectivity index (χ2v) is 4.78. The summed E-state index contributed by atoms with van der Waals surface area (Å²) >= 11 is 0. The lowest BCUT2D eigenvalue weighted by atomic mass is 10.2. The van der Waals surface area contributed by atoms with Crippen LogP contribution in [0.1, 0.15) is 26.3 Å². The maximum Gasteiger partial charge on any atom is 0.242 e. The topological polar surface area (TPSA) is 82.2 Å². The van der Waals surface area contributed by atoms with Crippen molar-refractivity contribution in [1.82, 2.24) is 14.9 Å². The monoisotopic (exact) mass is 294 g/mol. The highest BCUT2D eigenvalue weighted by atomic mass is 19.1. The molecule has 0 aliphatic rings. The minimum absolute atomic E-state index is 0.0878. The Kier molecular flexibility index (Phi) is 4.30. The summed E-state index contributed by atoms with van der Waals surface area (Å²) in [7, 11) is 1.38. The third-order valence-electron chi connectivity index (χ3n) is 3.31. The Morgan fingerprint density at radius 2 is 2.29 bits per heavy atom. The van der Waals surface area contributed by atoms with E-state index in [0.29, 0.717) is 17.6 Å². The summed E-state index contributed by atoms with van der Waals surface area (Å²) in [6.45, 7) is 4.28. The number of amides is 1. The number of aromatic nitrogens is 2. The average molecular weight is 294 g/mol. The standard InChI is InChI=1S/C14H19FN4O2/c1-4-5-17-13(20)8(2)19-11-7-12(21-3)9(15)6-10(11)18-14(19)16/h6-8H,4-5H2,1-3H3,(H2,16,18)(H,17,20). The Hall–Kier alpha value is -2.31. The molecule has 2 aromatic rings. The first kappa shape index (κ1) is 15.1. The highest BCUT2D eigenvalue weighted by Gasteiger charge is 2.21. The molecule has 0 radical (unpaired) electrons. The number of carbonyl (C=O) groups excluding carboxylic acids is 1. The Morgan fingerprint density at radius 3 is 2.90 bits per heavy atom. The first-order valence-electron chi connectivity index (χ1n) is 6.78. The van der Waals surface area contributed by atoms with E-state index in [2.05, 4.69) is 10.3 Å². The normalized spacial score (nSPS) is 12.4. The molecular formula is C14H19FN4O2. The van der Waals surface area contributed by atoms with E-state index in [1.54, 1.807) is 11.5 Å². The summed E-state index contributed by atoms with van der Waals surface area (Å²) < 4.78 is 20.2. The van der Waals surface area contributed by atoms with Gasteiger partial charge in [0.15, 0.2) is 11.6 Å². The van der Waals surface area contributed by atoms with Crippen LogP contribution in [-0.4, -0.2) is 29.1 Å². The van der Waals surface area contributed by atoms with Gasteiger partial charge in [-0.25, -0.2) is 9.37 Å². The number of carbonyl (C=O) groups is 1. The first-order valence-corrected chi connectivity index (χ1v) is 6.78. The molecule has 6 nitrogen and oxygen atoms in total. The molecule has 1 unspecified atom stereocenters. The van der Waals surface area contributed by atoms with E-state index >= 15 is 0 Å². The van der Waals surface area contributed by atoms with Crippen molar-refractivity contribution in [3.05, 3.63) is 17.9 Å². The molecule has 2 rings (SSSR count). The molecular weight excluding hydrogens is 275 g/mol. The van der Waals surface area contributed by atoms with Crippen LogP contribution in [-0.2, 0) is 4.79 Å². The SMILES string of the molecule is CCCNC(=O)C(C)n1c(N)nc2cc(F)c(OC)cc21. The summed E-state index contributed by atoms with van der Waals surface area (Å²) in [5.74, 6) is -0.425. The van der Waals surface area contributed by atoms with Crippen LogP contribution in [0.15, 0.2) is 12.1 Å². The van der Waals surface area contributed by atoms with Crippen LogP contribution in [0.4, 0.5) is 10.3 Å². The number of imidazole rings is 1. The molecule has 1 atom stereocenters. The quantitative estimate of drug-likeness (QED) is 0.881. The minimum Gasteiger partial charge on any atom is -0.494 e. The smallest absolute Gasteiger partial charge is 0.242 e. The second kappa shape index (κ2) is 5.99. The number of ether oxygens (including phenoxy) is 1. The Bertz CT molecular complexity index is 669. The van der Waals surface area contributed by atoms with Crippen molar-refractivity contribution in [3.63, 3.8) is 0 Å². The van der Waals surface area contributed by atoms with E-state index in [1.807, 2.05) is 6.92 Å². The number of benzene rings is 1. The number of nitrogens with two attached hydrogens (primary N) is 1. The van der Waals surface area contributed by atoms with Gasteiger partial charge in [0.05, 0.1) is 18.1 Å². The van der Waals surface area contributed by atoms with Gasteiger partial charge in [-0.1, -0.05) is 6.92 Å². The van der Waals surface area contributed by atoms with E-state index in [4.69, 9.17) is 10.5 Å². The first-order chi connectivity index (χ1) is 9.99. The lowest BCUT2D eigenvalue weighted by Gasteiger charge is -2.16. The van der Waals surface area contributed by atoms with Crippen molar-refractivity contribution in [2.45, 2.75) is 26.3 Å². The molecule has 21 heavy (non-hydrogen) atoms. The molecule has 0 aliphatic heterocycles. The molecule has 7 heteroatoms. The Morgan fingerprint density at radius 1 is 1.57 bits per heavy atom. The van der Waals surface area contributed by atoms with E-state index in [0.717, 1.165) is 6.42 Å². The van der Waals surface area contributed by atoms with Gasteiger partial charge in [0.2, 0.25) is 11.9 Å². The zero-order chi connectivity index (χ0) is 15.6. The maximum absolute atomic E-state index is 13.7. The van der Waals surface area contributed by atoms with Crippen LogP contribution in [0.5, 0.6) is 5.75 Å². The molecule has 1 amide bonds. The van der Waals surface area contributed by atoms with Crippen LogP contribution in [0.2, 0.25) is 0 Å². The zero-order valence-electron chi connectivity index (χ0n) is 12.3. The molecule has 0 saturated carbocycles. The number of nitrogens with zero attached hydrogens (tertiary/aromatic N) is 2. The molecule has 3 N–H and O–H groups in total. The van der Waals surface area contributed by atoms with Gasteiger partial charge in [0.1, 0.15) is 6.04 Å². The molecule has 1 heterocycles. The largest absolute Gasteiger partial charge is 0.494 e. The van der Waals surface area contributed by atoms with Gasteiger partial charge in [-0.15, -0.1) is 0 Å². The third-order valence-corrected chi connectivity index (χ3v) is 3.31. The van der Waals surface area contributed by atoms with Crippen LogP contribution in [0.25, 0.3) is 11.0 Å². The van der Waals surface area contributed by atoms with Gasteiger partial charge in [-0.2, -0.15) is 0 Å². The zero-order valence-corrected chi connectivity index (χ0v) is 12.3. The van der Waals surface area contributed by atoms with Crippen molar-refractivity contribution in [2.75, 3.05) is 19.4 Å². The average Bonchev–Trinajstić information content (AvgIpc) is 2.77. The van der Waals surface area contributed by atoms with E-state index < -0.39 is 11.9 Å². The number of nitrogen functional groups attached to an aromatic ring is 1. The van der Waals surface area contributed by atoms with Crippen LogP contribution >= 0.6 is 0 Å². The summed E-state index contributed by atoms with van der Waals surface area (Å²) in [5, 5.41) is 2.80. The maximum atomic E-state index is 13.7. The van der Waals surface area contributed by atoms with Crippen LogP contribution < -0.4 is 15.8 Å². The van der Waals surface area contributed by atoms with Gasteiger partial charge in [-0.05, 0) is 13.3 Å².